The van der Waals surface area contributed by atoms with Crippen LogP contribution in [0.4, 0.5) is 5.82 Å². The first-order valence-corrected chi connectivity index (χ1v) is 10.1. The lowest BCUT2D eigenvalue weighted by molar-refractivity contribution is 0.0644. The first kappa shape index (κ1) is 18.6. The third-order valence-corrected chi connectivity index (χ3v) is 5.43. The monoisotopic (exact) mass is 377 g/mol. The third-order valence-electron chi connectivity index (χ3n) is 5.43. The Balaban J connectivity index is 1.29. The Hall–Kier alpha value is -2.73. The van der Waals surface area contributed by atoms with Crippen molar-refractivity contribution in [1.82, 2.24) is 19.8 Å². The molecule has 4 rings (SSSR count). The van der Waals surface area contributed by atoms with Gasteiger partial charge >= 0.3 is 0 Å². The first-order valence-electron chi connectivity index (χ1n) is 10.1. The number of hydrogen-bond donors (Lipinski definition) is 0. The van der Waals surface area contributed by atoms with Crippen molar-refractivity contribution in [2.24, 2.45) is 0 Å². The molecule has 3 heterocycles. The second-order valence-corrected chi connectivity index (χ2v) is 7.36. The Morgan fingerprint density at radius 3 is 2.46 bits per heavy atom. The van der Waals surface area contributed by atoms with Crippen molar-refractivity contribution in [3.05, 3.63) is 60.1 Å². The standard InChI is InChI=1S/C22H27N5O/c28-22(20-17-21(24-18-23-20)26-11-4-5-12-26)27-15-13-25(14-16-27)10-6-9-19-7-2-1-3-8-19/h1-3,6-9,17-18H,4-5,10-16H2/b9-6+. The predicted molar refractivity (Wildman–Crippen MR) is 111 cm³/mol. The van der Waals surface area contributed by atoms with Crippen molar-refractivity contribution in [2.45, 2.75) is 12.8 Å². The highest BCUT2D eigenvalue weighted by molar-refractivity contribution is 5.93. The van der Waals surface area contributed by atoms with Gasteiger partial charge in [-0.25, -0.2) is 9.97 Å². The van der Waals surface area contributed by atoms with Crippen molar-refractivity contribution in [2.75, 3.05) is 50.7 Å². The summed E-state index contributed by atoms with van der Waals surface area (Å²) < 4.78 is 0. The number of anilines is 1. The van der Waals surface area contributed by atoms with E-state index in [1.165, 1.54) is 24.7 Å². The number of amides is 1. The zero-order valence-electron chi connectivity index (χ0n) is 16.2. The zero-order valence-corrected chi connectivity index (χ0v) is 16.2. The third kappa shape index (κ3) is 4.57. The van der Waals surface area contributed by atoms with Crippen LogP contribution in [-0.4, -0.2) is 71.5 Å². The number of hydrogen-bond acceptors (Lipinski definition) is 5. The fraction of sp³-hybridized carbons (Fsp3) is 0.409. The van der Waals surface area contributed by atoms with Crippen LogP contribution in [0.3, 0.4) is 0 Å². The summed E-state index contributed by atoms with van der Waals surface area (Å²) in [6.45, 7) is 6.18. The molecule has 0 aliphatic carbocycles. The van der Waals surface area contributed by atoms with Gasteiger partial charge in [0.15, 0.2) is 0 Å². The molecule has 6 heteroatoms. The predicted octanol–water partition coefficient (Wildman–Crippen LogP) is 2.55. The van der Waals surface area contributed by atoms with Gasteiger partial charge in [-0.2, -0.15) is 0 Å². The van der Waals surface area contributed by atoms with Crippen LogP contribution in [0.25, 0.3) is 6.08 Å². The van der Waals surface area contributed by atoms with Crippen LogP contribution in [0, 0.1) is 0 Å². The van der Waals surface area contributed by atoms with Gasteiger partial charge in [0.2, 0.25) is 0 Å². The van der Waals surface area contributed by atoms with Gasteiger partial charge in [-0.15, -0.1) is 0 Å². The van der Waals surface area contributed by atoms with Crippen LogP contribution in [-0.2, 0) is 0 Å². The minimum Gasteiger partial charge on any atom is -0.357 e. The number of carbonyl (C=O) groups excluding carboxylic acids is 1. The Bertz CT molecular complexity index is 809. The van der Waals surface area contributed by atoms with Gasteiger partial charge in [0.05, 0.1) is 0 Å². The van der Waals surface area contributed by atoms with Gasteiger partial charge in [0.1, 0.15) is 17.8 Å². The molecule has 0 spiro atoms. The summed E-state index contributed by atoms with van der Waals surface area (Å²) in [6, 6.07) is 12.2. The van der Waals surface area contributed by atoms with Crippen LogP contribution < -0.4 is 4.90 Å². The highest BCUT2D eigenvalue weighted by atomic mass is 16.2. The quantitative estimate of drug-likeness (QED) is 0.802. The topological polar surface area (TPSA) is 52.6 Å². The molecule has 28 heavy (non-hydrogen) atoms. The maximum Gasteiger partial charge on any atom is 0.272 e. The van der Waals surface area contributed by atoms with E-state index in [2.05, 4.69) is 44.1 Å². The van der Waals surface area contributed by atoms with Crippen molar-refractivity contribution in [3.63, 3.8) is 0 Å². The summed E-state index contributed by atoms with van der Waals surface area (Å²) in [7, 11) is 0. The van der Waals surface area contributed by atoms with Crippen molar-refractivity contribution in [1.29, 1.82) is 0 Å². The molecule has 0 unspecified atom stereocenters. The number of rotatable bonds is 5. The van der Waals surface area contributed by atoms with E-state index < -0.39 is 0 Å². The lowest BCUT2D eigenvalue weighted by Crippen LogP contribution is -2.48. The van der Waals surface area contributed by atoms with E-state index in [4.69, 9.17) is 0 Å². The highest BCUT2D eigenvalue weighted by Crippen LogP contribution is 2.18. The molecule has 6 nitrogen and oxygen atoms in total. The lowest BCUT2D eigenvalue weighted by atomic mass is 10.2. The summed E-state index contributed by atoms with van der Waals surface area (Å²) in [5.74, 6) is 0.892. The lowest BCUT2D eigenvalue weighted by Gasteiger charge is -2.34. The van der Waals surface area contributed by atoms with E-state index >= 15 is 0 Å². The Labute approximate surface area is 166 Å². The van der Waals surface area contributed by atoms with Gasteiger partial charge in [-0.3, -0.25) is 9.69 Å². The van der Waals surface area contributed by atoms with E-state index in [1.807, 2.05) is 29.2 Å². The molecule has 0 bridgehead atoms. The fourth-order valence-corrected chi connectivity index (χ4v) is 3.78. The SMILES string of the molecule is O=C(c1cc(N2CCCC2)ncn1)N1CCN(C/C=C/c2ccccc2)CC1. The summed E-state index contributed by atoms with van der Waals surface area (Å²) in [4.78, 5) is 28.0. The number of nitrogens with zero attached hydrogens (tertiary/aromatic N) is 5. The maximum absolute atomic E-state index is 12.9. The molecular formula is C22H27N5O. The largest absolute Gasteiger partial charge is 0.357 e. The molecule has 0 N–H and O–H groups in total. The second-order valence-electron chi connectivity index (χ2n) is 7.36. The van der Waals surface area contributed by atoms with Gasteiger partial charge in [-0.05, 0) is 18.4 Å². The van der Waals surface area contributed by atoms with Crippen molar-refractivity contribution < 1.29 is 4.79 Å². The summed E-state index contributed by atoms with van der Waals surface area (Å²) in [5, 5.41) is 0. The molecule has 2 saturated heterocycles. The number of benzene rings is 1. The van der Waals surface area contributed by atoms with E-state index in [-0.39, 0.29) is 5.91 Å². The molecule has 2 aromatic rings. The van der Waals surface area contributed by atoms with Gasteiger partial charge in [-0.1, -0.05) is 42.5 Å². The average Bonchev–Trinajstić information content (AvgIpc) is 3.30. The van der Waals surface area contributed by atoms with Crippen molar-refractivity contribution in [3.8, 4) is 0 Å². The highest BCUT2D eigenvalue weighted by Gasteiger charge is 2.23. The molecule has 146 valence electrons. The van der Waals surface area contributed by atoms with E-state index in [1.54, 1.807) is 0 Å². The molecule has 1 aromatic carbocycles. The summed E-state index contributed by atoms with van der Waals surface area (Å²) in [6.07, 6.45) is 8.24. The first-order chi connectivity index (χ1) is 13.8. The Kier molecular flexibility index (Phi) is 5.97. The van der Waals surface area contributed by atoms with E-state index in [0.29, 0.717) is 5.69 Å². The molecule has 0 saturated carbocycles. The smallest absolute Gasteiger partial charge is 0.272 e. The molecular weight excluding hydrogens is 350 g/mol. The second kappa shape index (κ2) is 8.97. The molecule has 1 amide bonds. The van der Waals surface area contributed by atoms with Crippen LogP contribution in [0.1, 0.15) is 28.9 Å². The zero-order chi connectivity index (χ0) is 19.2. The minimum absolute atomic E-state index is 0.0160. The van der Waals surface area contributed by atoms with Crippen LogP contribution in [0.5, 0.6) is 0 Å². The molecule has 2 fully saturated rings. The summed E-state index contributed by atoms with van der Waals surface area (Å²) in [5.41, 5.74) is 1.73. The number of aromatic nitrogens is 2. The number of carbonyl (C=O) groups is 1. The van der Waals surface area contributed by atoms with Crippen molar-refractivity contribution >= 4 is 17.8 Å². The van der Waals surface area contributed by atoms with Gasteiger partial charge < -0.3 is 9.80 Å². The molecule has 2 aliphatic rings. The van der Waals surface area contributed by atoms with Gasteiger partial charge in [0, 0.05) is 51.9 Å². The van der Waals surface area contributed by atoms with Gasteiger partial charge in [0.25, 0.3) is 5.91 Å². The molecule has 2 aliphatic heterocycles. The maximum atomic E-state index is 12.9. The summed E-state index contributed by atoms with van der Waals surface area (Å²) >= 11 is 0. The molecule has 1 aromatic heterocycles. The normalized spacial score (nSPS) is 18.1. The molecule has 0 atom stereocenters. The molecule has 0 radical (unpaired) electrons. The van der Waals surface area contributed by atoms with Crippen LogP contribution in [0.15, 0.2) is 48.8 Å². The van der Waals surface area contributed by atoms with E-state index in [9.17, 15) is 4.79 Å². The van der Waals surface area contributed by atoms with Crippen LogP contribution >= 0.6 is 0 Å². The Morgan fingerprint density at radius 2 is 1.71 bits per heavy atom. The van der Waals surface area contributed by atoms with Crippen LogP contribution in [0.2, 0.25) is 0 Å². The average molecular weight is 377 g/mol. The fourth-order valence-electron chi connectivity index (χ4n) is 3.78. The Morgan fingerprint density at radius 1 is 0.964 bits per heavy atom. The number of piperazine rings is 1. The van der Waals surface area contributed by atoms with E-state index in [0.717, 1.165) is 51.6 Å². The minimum atomic E-state index is 0.0160.